The lowest BCUT2D eigenvalue weighted by Gasteiger charge is -2.19. The molecule has 76 valence electrons. The second-order valence-corrected chi connectivity index (χ2v) is 2.91. The van der Waals surface area contributed by atoms with Gasteiger partial charge >= 0.3 is 0 Å². The van der Waals surface area contributed by atoms with Gasteiger partial charge in [-0.3, -0.25) is 0 Å². The van der Waals surface area contributed by atoms with Crippen LogP contribution in [0.2, 0.25) is 0 Å². The first-order valence-electron chi connectivity index (χ1n) is 4.70. The van der Waals surface area contributed by atoms with Crippen molar-refractivity contribution in [3.63, 3.8) is 0 Å². The van der Waals surface area contributed by atoms with Crippen molar-refractivity contribution in [2.45, 2.75) is 13.5 Å². The van der Waals surface area contributed by atoms with E-state index < -0.39 is 0 Å². The van der Waals surface area contributed by atoms with Crippen LogP contribution in [-0.4, -0.2) is 23.3 Å². The van der Waals surface area contributed by atoms with Gasteiger partial charge in [0.1, 0.15) is 0 Å². The molecule has 0 aliphatic rings. The lowest BCUT2D eigenvalue weighted by atomic mass is 10.3. The molecule has 0 amide bonds. The van der Waals surface area contributed by atoms with Crippen molar-refractivity contribution in [3.8, 4) is 0 Å². The molecule has 1 heterocycles. The number of rotatable bonds is 5. The molecule has 14 heavy (non-hydrogen) atoms. The van der Waals surface area contributed by atoms with E-state index in [4.69, 9.17) is 5.73 Å². The zero-order valence-electron chi connectivity index (χ0n) is 8.48. The van der Waals surface area contributed by atoms with E-state index >= 15 is 0 Å². The van der Waals surface area contributed by atoms with Gasteiger partial charge in [0, 0.05) is 19.6 Å². The molecule has 0 saturated carbocycles. The van der Waals surface area contributed by atoms with Crippen molar-refractivity contribution in [2.24, 2.45) is 5.73 Å². The Hall–Kier alpha value is -1.42. The summed E-state index contributed by atoms with van der Waals surface area (Å²) >= 11 is 0. The van der Waals surface area contributed by atoms with Crippen molar-refractivity contribution >= 4 is 5.82 Å². The van der Waals surface area contributed by atoms with Crippen molar-refractivity contribution in [1.82, 2.24) is 10.2 Å². The molecular weight excluding hydrogens is 176 g/mol. The van der Waals surface area contributed by atoms with Gasteiger partial charge in [-0.2, -0.15) is 5.10 Å². The summed E-state index contributed by atoms with van der Waals surface area (Å²) in [5.41, 5.74) is 6.24. The summed E-state index contributed by atoms with van der Waals surface area (Å²) in [7, 11) is 0. The molecule has 4 heteroatoms. The molecule has 0 aliphatic heterocycles. The number of hydrogen-bond acceptors (Lipinski definition) is 4. The average Bonchev–Trinajstić information content (AvgIpc) is 2.26. The number of nitrogens with zero attached hydrogens (tertiary/aromatic N) is 3. The van der Waals surface area contributed by atoms with Crippen molar-refractivity contribution in [2.75, 3.05) is 18.0 Å². The Morgan fingerprint density at radius 2 is 2.29 bits per heavy atom. The lowest BCUT2D eigenvalue weighted by molar-refractivity contribution is 0.828. The molecule has 0 spiro atoms. The number of aromatic nitrogens is 2. The van der Waals surface area contributed by atoms with Crippen LogP contribution in [0.5, 0.6) is 0 Å². The quantitative estimate of drug-likeness (QED) is 0.706. The molecule has 0 fully saturated rings. The minimum absolute atomic E-state index is 0.431. The molecule has 1 rings (SSSR count). The highest BCUT2D eigenvalue weighted by atomic mass is 15.3. The summed E-state index contributed by atoms with van der Waals surface area (Å²) in [4.78, 5) is 2.08. The van der Waals surface area contributed by atoms with Crippen LogP contribution in [-0.2, 0) is 6.54 Å². The van der Waals surface area contributed by atoms with E-state index in [-0.39, 0.29) is 0 Å². The minimum atomic E-state index is 0.431. The predicted octanol–water partition coefficient (Wildman–Crippen LogP) is 0.948. The van der Waals surface area contributed by atoms with Crippen LogP contribution in [0.1, 0.15) is 12.6 Å². The van der Waals surface area contributed by atoms with Crippen LogP contribution in [0.4, 0.5) is 5.82 Å². The Labute approximate surface area is 84.4 Å². The molecular formula is C10H16N4. The van der Waals surface area contributed by atoms with Crippen LogP contribution in [0.3, 0.4) is 0 Å². The first-order chi connectivity index (χ1) is 6.81. The first kappa shape index (κ1) is 10.7. The fourth-order valence-electron chi connectivity index (χ4n) is 1.17. The Bertz CT molecular complexity index is 281. The van der Waals surface area contributed by atoms with E-state index in [0.29, 0.717) is 6.54 Å². The number of hydrogen-bond donors (Lipinski definition) is 1. The average molecular weight is 192 g/mol. The Morgan fingerprint density at radius 3 is 2.71 bits per heavy atom. The maximum Gasteiger partial charge on any atom is 0.151 e. The topological polar surface area (TPSA) is 55.0 Å². The zero-order valence-corrected chi connectivity index (χ0v) is 8.48. The summed E-state index contributed by atoms with van der Waals surface area (Å²) in [5.74, 6) is 0.865. The van der Waals surface area contributed by atoms with Crippen LogP contribution < -0.4 is 10.6 Å². The fraction of sp³-hybridized carbons (Fsp3) is 0.400. The van der Waals surface area contributed by atoms with Gasteiger partial charge in [0.25, 0.3) is 0 Å². The molecule has 0 saturated heterocycles. The molecule has 2 N–H and O–H groups in total. The lowest BCUT2D eigenvalue weighted by Crippen LogP contribution is -2.24. The second kappa shape index (κ2) is 5.34. The Morgan fingerprint density at radius 1 is 1.50 bits per heavy atom. The third-order valence-electron chi connectivity index (χ3n) is 1.97. The SMILES string of the molecule is C=CCN(CC)c1ccc(CN)nn1. The van der Waals surface area contributed by atoms with E-state index in [1.165, 1.54) is 0 Å². The number of anilines is 1. The van der Waals surface area contributed by atoms with E-state index in [1.54, 1.807) is 0 Å². The minimum Gasteiger partial charge on any atom is -0.352 e. The summed E-state index contributed by atoms with van der Waals surface area (Å²) in [5, 5.41) is 8.08. The highest BCUT2D eigenvalue weighted by molar-refractivity contribution is 5.37. The summed E-state index contributed by atoms with van der Waals surface area (Å²) in [6.07, 6.45) is 1.85. The standard InChI is InChI=1S/C10H16N4/c1-3-7-14(4-2)10-6-5-9(8-11)12-13-10/h3,5-6H,1,4,7-8,11H2,2H3. The normalized spacial score (nSPS) is 9.86. The van der Waals surface area contributed by atoms with Gasteiger partial charge in [-0.25, -0.2) is 0 Å². The van der Waals surface area contributed by atoms with Gasteiger partial charge in [-0.15, -0.1) is 11.7 Å². The summed E-state index contributed by atoms with van der Waals surface area (Å²) < 4.78 is 0. The molecule has 4 nitrogen and oxygen atoms in total. The Kier molecular flexibility index (Phi) is 4.07. The maximum atomic E-state index is 5.43. The molecule has 0 bridgehead atoms. The number of likely N-dealkylation sites (N-methyl/N-ethyl adjacent to an activating group) is 1. The van der Waals surface area contributed by atoms with Crippen molar-refractivity contribution < 1.29 is 0 Å². The third-order valence-corrected chi connectivity index (χ3v) is 1.97. The van der Waals surface area contributed by atoms with E-state index in [0.717, 1.165) is 24.6 Å². The van der Waals surface area contributed by atoms with Crippen LogP contribution >= 0.6 is 0 Å². The maximum absolute atomic E-state index is 5.43. The predicted molar refractivity (Wildman–Crippen MR) is 58.0 cm³/mol. The van der Waals surface area contributed by atoms with Gasteiger partial charge in [0.2, 0.25) is 0 Å². The Balaban J connectivity index is 2.77. The van der Waals surface area contributed by atoms with Crippen molar-refractivity contribution in [3.05, 3.63) is 30.5 Å². The zero-order chi connectivity index (χ0) is 10.4. The van der Waals surface area contributed by atoms with E-state index in [9.17, 15) is 0 Å². The molecule has 1 aromatic rings. The highest BCUT2D eigenvalue weighted by Crippen LogP contribution is 2.08. The third kappa shape index (κ3) is 2.53. The smallest absolute Gasteiger partial charge is 0.151 e. The molecule has 0 radical (unpaired) electrons. The number of nitrogens with two attached hydrogens (primary N) is 1. The fourth-order valence-corrected chi connectivity index (χ4v) is 1.17. The van der Waals surface area contributed by atoms with E-state index in [1.807, 2.05) is 18.2 Å². The van der Waals surface area contributed by atoms with Crippen molar-refractivity contribution in [1.29, 1.82) is 0 Å². The monoisotopic (exact) mass is 192 g/mol. The molecule has 0 atom stereocenters. The second-order valence-electron chi connectivity index (χ2n) is 2.91. The van der Waals surface area contributed by atoms with Crippen LogP contribution in [0.25, 0.3) is 0 Å². The van der Waals surface area contributed by atoms with Gasteiger partial charge in [-0.1, -0.05) is 6.08 Å². The van der Waals surface area contributed by atoms with Gasteiger partial charge in [0.05, 0.1) is 5.69 Å². The van der Waals surface area contributed by atoms with Gasteiger partial charge < -0.3 is 10.6 Å². The van der Waals surface area contributed by atoms with Gasteiger partial charge in [0.15, 0.2) is 5.82 Å². The molecule has 0 unspecified atom stereocenters. The summed E-state index contributed by atoms with van der Waals surface area (Å²) in [6, 6.07) is 3.83. The largest absolute Gasteiger partial charge is 0.352 e. The van der Waals surface area contributed by atoms with Crippen LogP contribution in [0.15, 0.2) is 24.8 Å². The van der Waals surface area contributed by atoms with Gasteiger partial charge in [-0.05, 0) is 19.1 Å². The van der Waals surface area contributed by atoms with Crippen LogP contribution in [0, 0.1) is 0 Å². The first-order valence-corrected chi connectivity index (χ1v) is 4.70. The van der Waals surface area contributed by atoms with E-state index in [2.05, 4.69) is 28.6 Å². The highest BCUT2D eigenvalue weighted by Gasteiger charge is 2.03. The summed E-state index contributed by atoms with van der Waals surface area (Å²) in [6.45, 7) is 7.88. The molecule has 0 aliphatic carbocycles. The molecule has 0 aromatic carbocycles. The molecule has 1 aromatic heterocycles.